The largest absolute Gasteiger partial charge is 0.356 e. The van der Waals surface area contributed by atoms with E-state index in [1.54, 1.807) is 0 Å². The molecule has 0 spiro atoms. The van der Waals surface area contributed by atoms with E-state index in [0.29, 0.717) is 12.2 Å². The highest BCUT2D eigenvalue weighted by Crippen LogP contribution is 2.25. The molecule has 1 rings (SSSR count). The van der Waals surface area contributed by atoms with Crippen LogP contribution in [0.5, 0.6) is 0 Å². The summed E-state index contributed by atoms with van der Waals surface area (Å²) in [4.78, 5) is 5.27. The van der Waals surface area contributed by atoms with Gasteiger partial charge in [-0.15, -0.1) is 0 Å². The topological polar surface area (TPSA) is 6.48 Å². The molecule has 0 fully saturated rings. The Bertz CT molecular complexity index is 458. The van der Waals surface area contributed by atoms with Crippen LogP contribution in [0.25, 0.3) is 0 Å². The zero-order valence-electron chi connectivity index (χ0n) is 24.9. The van der Waals surface area contributed by atoms with Crippen molar-refractivity contribution in [3.05, 3.63) is 12.4 Å². The van der Waals surface area contributed by atoms with E-state index in [2.05, 4.69) is 49.9 Å². The van der Waals surface area contributed by atoms with Crippen LogP contribution >= 0.6 is 0 Å². The summed E-state index contributed by atoms with van der Waals surface area (Å²) in [5.74, 6) is 0. The summed E-state index contributed by atoms with van der Waals surface area (Å²) < 4.78 is 0. The summed E-state index contributed by atoms with van der Waals surface area (Å²) in [6.45, 7) is 10.6. The lowest BCUT2D eigenvalue weighted by atomic mass is 10.0. The second-order valence-corrected chi connectivity index (χ2v) is 11.8. The molecule has 0 N–H and O–H groups in total. The van der Waals surface area contributed by atoms with E-state index in [1.165, 1.54) is 161 Å². The van der Waals surface area contributed by atoms with Crippen LogP contribution in [0, 0.1) is 0 Å². The maximum atomic E-state index is 2.66. The first kappa shape index (κ1) is 32.4. The molecular weight excluding hydrogens is 424 g/mol. The number of hydrogen-bond donors (Lipinski definition) is 0. The van der Waals surface area contributed by atoms with Gasteiger partial charge in [0.05, 0.1) is 0 Å². The van der Waals surface area contributed by atoms with Crippen LogP contribution in [0.15, 0.2) is 12.4 Å². The van der Waals surface area contributed by atoms with Crippen molar-refractivity contribution >= 4 is 0 Å². The highest BCUT2D eigenvalue weighted by Gasteiger charge is 2.26. The fraction of sp³-hybridized carbons (Fsp3) is 0.939. The molecule has 0 bridgehead atoms. The quantitative estimate of drug-likeness (QED) is 0.111. The maximum absolute atomic E-state index is 2.66. The van der Waals surface area contributed by atoms with Crippen LogP contribution in [0.4, 0.5) is 0 Å². The molecule has 0 aromatic rings. The Hall–Kier alpha value is -0.660. The molecule has 0 radical (unpaired) electrons. The predicted octanol–water partition coefficient (Wildman–Crippen LogP) is 11.2. The maximum Gasteiger partial charge on any atom is 0.101 e. The summed E-state index contributed by atoms with van der Waals surface area (Å²) in [7, 11) is 0. The van der Waals surface area contributed by atoms with Crippen LogP contribution in [0.1, 0.15) is 182 Å². The summed E-state index contributed by atoms with van der Waals surface area (Å²) in [6.07, 6.45) is 39.7. The first-order valence-corrected chi connectivity index (χ1v) is 16.4. The number of rotatable bonds is 26. The van der Waals surface area contributed by atoms with Gasteiger partial charge in [0, 0.05) is 25.0 Å². The van der Waals surface area contributed by atoms with Gasteiger partial charge < -0.3 is 9.80 Å². The van der Waals surface area contributed by atoms with E-state index in [9.17, 15) is 0 Å². The normalized spacial score (nSPS) is 15.7. The molecule has 1 atom stereocenters. The first-order valence-electron chi connectivity index (χ1n) is 16.4. The molecule has 35 heavy (non-hydrogen) atoms. The van der Waals surface area contributed by atoms with Crippen molar-refractivity contribution in [2.24, 2.45) is 0 Å². The number of hydrogen-bond acceptors (Lipinski definition) is 2. The van der Waals surface area contributed by atoms with Gasteiger partial charge in [-0.25, -0.2) is 0 Å². The van der Waals surface area contributed by atoms with Gasteiger partial charge in [-0.3, -0.25) is 0 Å². The van der Waals surface area contributed by atoms with Crippen LogP contribution in [-0.4, -0.2) is 28.6 Å². The second kappa shape index (κ2) is 23.7. The minimum atomic E-state index is 0.607. The lowest BCUT2D eigenvalue weighted by molar-refractivity contribution is 0.114. The summed E-state index contributed by atoms with van der Waals surface area (Å²) in [6, 6.07) is 0.607. The van der Waals surface area contributed by atoms with Gasteiger partial charge in [0.15, 0.2) is 0 Å². The average molecular weight is 491 g/mol. The van der Waals surface area contributed by atoms with Gasteiger partial charge in [-0.2, -0.15) is 0 Å². The minimum absolute atomic E-state index is 0.607. The summed E-state index contributed by atoms with van der Waals surface area (Å²) in [5, 5.41) is 0. The van der Waals surface area contributed by atoms with Gasteiger partial charge in [0.1, 0.15) is 6.17 Å². The van der Waals surface area contributed by atoms with E-state index >= 15 is 0 Å². The molecule has 0 aromatic heterocycles. The molecule has 0 saturated heterocycles. The lowest BCUT2D eigenvalue weighted by Gasteiger charge is -2.35. The third-order valence-electron chi connectivity index (χ3n) is 8.09. The number of unbranched alkanes of at least 4 members (excludes halogenated alkanes) is 21. The van der Waals surface area contributed by atoms with Crippen molar-refractivity contribution in [2.75, 3.05) is 6.54 Å². The second-order valence-electron chi connectivity index (χ2n) is 11.8. The lowest BCUT2D eigenvalue weighted by Crippen LogP contribution is -2.42. The molecule has 2 nitrogen and oxygen atoms in total. The first-order chi connectivity index (χ1) is 17.2. The molecule has 1 heterocycles. The SMILES string of the molecule is CCCCCCCCCCCCCCCN1C=CN(C(C)C)C1CCCCCCCCCCCC. The molecule has 0 amide bonds. The minimum Gasteiger partial charge on any atom is -0.356 e. The fourth-order valence-electron chi connectivity index (χ4n) is 5.71. The monoisotopic (exact) mass is 491 g/mol. The summed E-state index contributed by atoms with van der Waals surface area (Å²) >= 11 is 0. The zero-order valence-corrected chi connectivity index (χ0v) is 24.9. The third-order valence-corrected chi connectivity index (χ3v) is 8.09. The number of nitrogens with zero attached hydrogens (tertiary/aromatic N) is 2. The third kappa shape index (κ3) is 17.4. The highest BCUT2D eigenvalue weighted by molar-refractivity contribution is 4.98. The van der Waals surface area contributed by atoms with E-state index in [1.807, 2.05) is 0 Å². The predicted molar refractivity (Wildman–Crippen MR) is 159 cm³/mol. The van der Waals surface area contributed by atoms with Crippen molar-refractivity contribution in [1.29, 1.82) is 0 Å². The van der Waals surface area contributed by atoms with Crippen molar-refractivity contribution in [2.45, 2.75) is 194 Å². The molecule has 1 aliphatic heterocycles. The molecule has 2 heteroatoms. The van der Waals surface area contributed by atoms with Gasteiger partial charge in [-0.05, 0) is 33.1 Å². The van der Waals surface area contributed by atoms with Gasteiger partial charge in [-0.1, -0.05) is 149 Å². The molecule has 1 unspecified atom stereocenters. The van der Waals surface area contributed by atoms with Crippen molar-refractivity contribution in [3.63, 3.8) is 0 Å². The van der Waals surface area contributed by atoms with Crippen molar-refractivity contribution < 1.29 is 0 Å². The Morgan fingerprint density at radius 3 is 1.26 bits per heavy atom. The molecule has 0 aliphatic carbocycles. The average Bonchev–Trinajstić information content (AvgIpc) is 3.26. The van der Waals surface area contributed by atoms with E-state index in [4.69, 9.17) is 0 Å². The van der Waals surface area contributed by atoms with Crippen LogP contribution in [0.2, 0.25) is 0 Å². The van der Waals surface area contributed by atoms with Crippen molar-refractivity contribution in [1.82, 2.24) is 9.80 Å². The molecule has 208 valence electrons. The Balaban J connectivity index is 2.05. The highest BCUT2D eigenvalue weighted by atomic mass is 15.4. The van der Waals surface area contributed by atoms with Gasteiger partial charge in [0.25, 0.3) is 0 Å². The Labute approximate surface area is 222 Å². The Morgan fingerprint density at radius 1 is 0.486 bits per heavy atom. The van der Waals surface area contributed by atoms with Crippen LogP contribution in [0.3, 0.4) is 0 Å². The standard InChI is InChI=1S/C33H66N2/c1-5-7-9-11-13-15-17-18-19-21-23-25-27-29-34-30-31-35(32(3)4)33(34)28-26-24-22-20-16-14-12-10-8-6-2/h30-33H,5-29H2,1-4H3. The smallest absolute Gasteiger partial charge is 0.101 e. The molecule has 0 aromatic carbocycles. The Morgan fingerprint density at radius 2 is 0.857 bits per heavy atom. The van der Waals surface area contributed by atoms with E-state index in [0.717, 1.165) is 0 Å². The van der Waals surface area contributed by atoms with Gasteiger partial charge in [0.2, 0.25) is 0 Å². The van der Waals surface area contributed by atoms with E-state index < -0.39 is 0 Å². The molecule has 0 saturated carbocycles. The van der Waals surface area contributed by atoms with Crippen LogP contribution < -0.4 is 0 Å². The van der Waals surface area contributed by atoms with Crippen LogP contribution in [-0.2, 0) is 0 Å². The van der Waals surface area contributed by atoms with Crippen molar-refractivity contribution in [3.8, 4) is 0 Å². The zero-order chi connectivity index (χ0) is 25.4. The molecular formula is C33H66N2. The Kier molecular flexibility index (Phi) is 21.9. The van der Waals surface area contributed by atoms with E-state index in [-0.39, 0.29) is 0 Å². The van der Waals surface area contributed by atoms with Gasteiger partial charge >= 0.3 is 0 Å². The fourth-order valence-corrected chi connectivity index (χ4v) is 5.71. The summed E-state index contributed by atoms with van der Waals surface area (Å²) in [5.41, 5.74) is 0. The molecule has 1 aliphatic rings.